The Morgan fingerprint density at radius 2 is 1.94 bits per heavy atom. The fourth-order valence-corrected chi connectivity index (χ4v) is 2.60. The molecule has 0 aromatic heterocycles. The summed E-state index contributed by atoms with van der Waals surface area (Å²) in [6.07, 6.45) is 0. The SMILES string of the molecule is CC(=O)N1c2ccccc2[C@@]2(C)OO[C@@]12C. The first-order valence-corrected chi connectivity index (χ1v) is 5.28. The molecule has 2 heterocycles. The van der Waals surface area contributed by atoms with Gasteiger partial charge in [-0.15, -0.1) is 0 Å². The first-order valence-electron chi connectivity index (χ1n) is 5.28. The molecule has 0 unspecified atom stereocenters. The molecule has 0 aliphatic carbocycles. The van der Waals surface area contributed by atoms with E-state index >= 15 is 0 Å². The Labute approximate surface area is 93.7 Å². The van der Waals surface area contributed by atoms with E-state index in [0.29, 0.717) is 0 Å². The number of hydrogen-bond acceptors (Lipinski definition) is 3. The van der Waals surface area contributed by atoms with E-state index in [9.17, 15) is 4.79 Å². The van der Waals surface area contributed by atoms with Crippen molar-refractivity contribution in [1.29, 1.82) is 0 Å². The molecule has 2 aliphatic heterocycles. The van der Waals surface area contributed by atoms with Crippen LogP contribution >= 0.6 is 0 Å². The third-order valence-corrected chi connectivity index (χ3v) is 3.66. The summed E-state index contributed by atoms with van der Waals surface area (Å²) in [5, 5.41) is 0. The standard InChI is InChI=1S/C12H13NO3/c1-8(14)13-10-7-5-4-6-9(10)11(2)12(13,3)16-15-11/h4-7H,1-3H3/t11-,12-/m1/s1. The number of hydrogen-bond donors (Lipinski definition) is 0. The maximum Gasteiger partial charge on any atom is 0.226 e. The maximum atomic E-state index is 11.7. The predicted molar refractivity (Wildman–Crippen MR) is 57.5 cm³/mol. The molecule has 0 N–H and O–H groups in total. The van der Waals surface area contributed by atoms with E-state index in [1.165, 1.54) is 6.92 Å². The smallest absolute Gasteiger partial charge is 0.226 e. The molecular weight excluding hydrogens is 206 g/mol. The molecule has 4 nitrogen and oxygen atoms in total. The van der Waals surface area contributed by atoms with E-state index in [0.717, 1.165) is 11.3 Å². The second-order valence-corrected chi connectivity index (χ2v) is 4.55. The number of benzene rings is 1. The Hall–Kier alpha value is -1.39. The molecule has 1 aromatic carbocycles. The average molecular weight is 219 g/mol. The minimum Gasteiger partial charge on any atom is -0.277 e. The summed E-state index contributed by atoms with van der Waals surface area (Å²) in [7, 11) is 0. The second kappa shape index (κ2) is 2.64. The van der Waals surface area contributed by atoms with E-state index in [1.807, 2.05) is 38.1 Å². The number of amides is 1. The first-order chi connectivity index (χ1) is 7.51. The summed E-state index contributed by atoms with van der Waals surface area (Å²) in [6.45, 7) is 5.35. The molecule has 4 heteroatoms. The van der Waals surface area contributed by atoms with Crippen molar-refractivity contribution < 1.29 is 14.6 Å². The van der Waals surface area contributed by atoms with Gasteiger partial charge in [0.2, 0.25) is 11.6 Å². The van der Waals surface area contributed by atoms with Gasteiger partial charge in [0.1, 0.15) is 0 Å². The highest BCUT2D eigenvalue weighted by Gasteiger charge is 2.69. The molecule has 84 valence electrons. The van der Waals surface area contributed by atoms with Gasteiger partial charge < -0.3 is 0 Å². The lowest BCUT2D eigenvalue weighted by Crippen LogP contribution is -2.67. The van der Waals surface area contributed by atoms with Crippen LogP contribution in [0.1, 0.15) is 26.3 Å². The Morgan fingerprint density at radius 3 is 2.50 bits per heavy atom. The van der Waals surface area contributed by atoms with Crippen molar-refractivity contribution in [2.24, 2.45) is 0 Å². The van der Waals surface area contributed by atoms with Crippen LogP contribution in [0.4, 0.5) is 5.69 Å². The molecular formula is C12H13NO3. The zero-order valence-corrected chi connectivity index (χ0v) is 9.48. The molecule has 0 spiro atoms. The van der Waals surface area contributed by atoms with Crippen LogP contribution in [-0.4, -0.2) is 11.6 Å². The summed E-state index contributed by atoms with van der Waals surface area (Å²) in [6, 6.07) is 7.74. The largest absolute Gasteiger partial charge is 0.277 e. The lowest BCUT2D eigenvalue weighted by molar-refractivity contribution is -0.546. The highest BCUT2D eigenvalue weighted by Crippen LogP contribution is 2.59. The van der Waals surface area contributed by atoms with Crippen molar-refractivity contribution in [2.45, 2.75) is 32.1 Å². The number of fused-ring (bicyclic) bond motifs is 3. The van der Waals surface area contributed by atoms with Crippen molar-refractivity contribution in [1.82, 2.24) is 0 Å². The Morgan fingerprint density at radius 1 is 1.25 bits per heavy atom. The molecule has 0 bridgehead atoms. The van der Waals surface area contributed by atoms with Crippen molar-refractivity contribution in [3.8, 4) is 0 Å². The zero-order valence-electron chi connectivity index (χ0n) is 9.48. The van der Waals surface area contributed by atoms with Crippen molar-refractivity contribution in [3.63, 3.8) is 0 Å². The number of anilines is 1. The molecule has 3 rings (SSSR count). The topological polar surface area (TPSA) is 38.8 Å². The van der Waals surface area contributed by atoms with E-state index in [-0.39, 0.29) is 5.91 Å². The molecule has 0 saturated carbocycles. The summed E-state index contributed by atoms with van der Waals surface area (Å²) < 4.78 is 0. The third kappa shape index (κ3) is 0.817. The van der Waals surface area contributed by atoms with Crippen LogP contribution in [0.5, 0.6) is 0 Å². The number of carbonyl (C=O) groups is 1. The lowest BCUT2D eigenvalue weighted by Gasteiger charge is -2.50. The quantitative estimate of drug-likeness (QED) is 0.626. The van der Waals surface area contributed by atoms with Gasteiger partial charge in [0, 0.05) is 12.5 Å². The van der Waals surface area contributed by atoms with Gasteiger partial charge in [-0.1, -0.05) is 18.2 Å². The molecule has 1 aromatic rings. The maximum absolute atomic E-state index is 11.7. The molecule has 1 saturated heterocycles. The fraction of sp³-hybridized carbons (Fsp3) is 0.417. The number of rotatable bonds is 0. The average Bonchev–Trinajstić information content (AvgIpc) is 2.38. The molecule has 16 heavy (non-hydrogen) atoms. The van der Waals surface area contributed by atoms with Gasteiger partial charge in [-0.3, -0.25) is 9.69 Å². The van der Waals surface area contributed by atoms with Gasteiger partial charge in [-0.05, 0) is 19.9 Å². The molecule has 1 amide bonds. The summed E-state index contributed by atoms with van der Waals surface area (Å²) in [4.78, 5) is 23.9. The van der Waals surface area contributed by atoms with E-state index in [1.54, 1.807) is 4.90 Å². The number of carbonyl (C=O) groups excluding carboxylic acids is 1. The van der Waals surface area contributed by atoms with E-state index in [4.69, 9.17) is 9.78 Å². The van der Waals surface area contributed by atoms with Crippen LogP contribution in [0.15, 0.2) is 24.3 Å². The van der Waals surface area contributed by atoms with Gasteiger partial charge in [0.25, 0.3) is 0 Å². The highest BCUT2D eigenvalue weighted by molar-refractivity contribution is 5.96. The second-order valence-electron chi connectivity index (χ2n) is 4.55. The molecule has 1 fully saturated rings. The van der Waals surface area contributed by atoms with E-state index in [2.05, 4.69) is 0 Å². The van der Waals surface area contributed by atoms with Gasteiger partial charge in [-0.2, -0.15) is 0 Å². The first kappa shape index (κ1) is 9.81. The molecule has 0 radical (unpaired) electrons. The minimum atomic E-state index is -0.720. The van der Waals surface area contributed by atoms with Crippen molar-refractivity contribution >= 4 is 11.6 Å². The molecule has 2 atom stereocenters. The zero-order chi connectivity index (χ0) is 11.6. The van der Waals surface area contributed by atoms with Crippen LogP contribution in [0, 0.1) is 0 Å². The number of nitrogens with zero attached hydrogens (tertiary/aromatic N) is 1. The van der Waals surface area contributed by atoms with Crippen LogP contribution < -0.4 is 4.90 Å². The van der Waals surface area contributed by atoms with Gasteiger partial charge >= 0.3 is 0 Å². The summed E-state index contributed by atoms with van der Waals surface area (Å²) in [5.41, 5.74) is 0.592. The Balaban J connectivity index is 2.26. The highest BCUT2D eigenvalue weighted by atomic mass is 17.3. The monoisotopic (exact) mass is 219 g/mol. The van der Waals surface area contributed by atoms with Crippen LogP contribution in [-0.2, 0) is 20.2 Å². The van der Waals surface area contributed by atoms with Gasteiger partial charge in [-0.25, -0.2) is 9.78 Å². The van der Waals surface area contributed by atoms with Gasteiger partial charge in [0.05, 0.1) is 5.69 Å². The molecule has 2 aliphatic rings. The van der Waals surface area contributed by atoms with Gasteiger partial charge in [0.15, 0.2) is 5.60 Å². The Bertz CT molecular complexity index is 487. The van der Waals surface area contributed by atoms with Crippen molar-refractivity contribution in [3.05, 3.63) is 29.8 Å². The predicted octanol–water partition coefficient (Wildman–Crippen LogP) is 1.95. The van der Waals surface area contributed by atoms with Crippen molar-refractivity contribution in [2.75, 3.05) is 4.90 Å². The summed E-state index contributed by atoms with van der Waals surface area (Å²) in [5.74, 6) is -0.0398. The Kier molecular flexibility index (Phi) is 1.62. The normalized spacial score (nSPS) is 35.3. The number of para-hydroxylation sites is 1. The van der Waals surface area contributed by atoms with Crippen LogP contribution in [0.3, 0.4) is 0 Å². The van der Waals surface area contributed by atoms with Crippen LogP contribution in [0.25, 0.3) is 0 Å². The van der Waals surface area contributed by atoms with Crippen LogP contribution in [0.2, 0.25) is 0 Å². The minimum absolute atomic E-state index is 0.0398. The lowest BCUT2D eigenvalue weighted by atomic mass is 9.88. The van der Waals surface area contributed by atoms with E-state index < -0.39 is 11.3 Å². The fourth-order valence-electron chi connectivity index (χ4n) is 2.60. The third-order valence-electron chi connectivity index (χ3n) is 3.66. The summed E-state index contributed by atoms with van der Waals surface area (Å²) >= 11 is 0.